The average molecular weight is 293 g/mol. The van der Waals surface area contributed by atoms with Gasteiger partial charge in [0.05, 0.1) is 21.3 Å². The molecule has 0 atom stereocenters. The highest BCUT2D eigenvalue weighted by atomic mass is 35.5. The molecule has 0 saturated carbocycles. The second kappa shape index (κ2) is 4.83. The SMILES string of the molecule is O=C(c1c(Cl)cccc1Cl)N1CCc2cnccc21. The summed E-state index contributed by atoms with van der Waals surface area (Å²) in [6.07, 6.45) is 4.27. The Morgan fingerprint density at radius 2 is 1.95 bits per heavy atom. The quantitative estimate of drug-likeness (QED) is 0.805. The lowest BCUT2D eigenvalue weighted by molar-refractivity contribution is 0.0989. The van der Waals surface area contributed by atoms with E-state index >= 15 is 0 Å². The topological polar surface area (TPSA) is 33.2 Å². The van der Waals surface area contributed by atoms with Crippen LogP contribution in [0.4, 0.5) is 5.69 Å². The normalized spacial score (nSPS) is 13.5. The average Bonchev–Trinajstić information content (AvgIpc) is 2.82. The zero-order chi connectivity index (χ0) is 13.4. The van der Waals surface area contributed by atoms with Crippen molar-refractivity contribution in [2.75, 3.05) is 11.4 Å². The summed E-state index contributed by atoms with van der Waals surface area (Å²) >= 11 is 12.2. The lowest BCUT2D eigenvalue weighted by Gasteiger charge is -2.18. The van der Waals surface area contributed by atoms with E-state index in [1.54, 1.807) is 35.5 Å². The number of nitrogens with zero attached hydrogens (tertiary/aromatic N) is 2. The van der Waals surface area contributed by atoms with Crippen molar-refractivity contribution in [1.29, 1.82) is 0 Å². The minimum absolute atomic E-state index is 0.166. The van der Waals surface area contributed by atoms with E-state index in [0.717, 1.165) is 17.7 Å². The Labute approximate surface area is 120 Å². The lowest BCUT2D eigenvalue weighted by Crippen LogP contribution is -2.29. The molecule has 1 aliphatic rings. The van der Waals surface area contributed by atoms with Crippen LogP contribution in [-0.2, 0) is 6.42 Å². The Morgan fingerprint density at radius 1 is 1.21 bits per heavy atom. The number of halogens is 2. The van der Waals surface area contributed by atoms with Crippen molar-refractivity contribution >= 4 is 34.8 Å². The smallest absolute Gasteiger partial charge is 0.261 e. The molecule has 19 heavy (non-hydrogen) atoms. The van der Waals surface area contributed by atoms with Crippen molar-refractivity contribution in [2.24, 2.45) is 0 Å². The summed E-state index contributed by atoms with van der Waals surface area (Å²) in [5, 5.41) is 0.750. The molecule has 1 amide bonds. The number of amides is 1. The molecule has 0 bridgehead atoms. The van der Waals surface area contributed by atoms with Gasteiger partial charge in [0.1, 0.15) is 0 Å². The molecule has 0 spiro atoms. The number of hydrogen-bond acceptors (Lipinski definition) is 2. The molecule has 96 valence electrons. The van der Waals surface area contributed by atoms with Gasteiger partial charge in [-0.2, -0.15) is 0 Å². The summed E-state index contributed by atoms with van der Waals surface area (Å²) in [6, 6.07) is 6.91. The van der Waals surface area contributed by atoms with E-state index in [0.29, 0.717) is 22.2 Å². The number of rotatable bonds is 1. The fourth-order valence-electron chi connectivity index (χ4n) is 2.28. The van der Waals surface area contributed by atoms with Crippen molar-refractivity contribution in [3.63, 3.8) is 0 Å². The maximum absolute atomic E-state index is 12.6. The summed E-state index contributed by atoms with van der Waals surface area (Å²) in [5.74, 6) is -0.166. The van der Waals surface area contributed by atoms with E-state index in [1.807, 2.05) is 6.07 Å². The van der Waals surface area contributed by atoms with Crippen LogP contribution in [0.5, 0.6) is 0 Å². The minimum atomic E-state index is -0.166. The zero-order valence-corrected chi connectivity index (χ0v) is 11.4. The number of pyridine rings is 1. The fraction of sp³-hybridized carbons (Fsp3) is 0.143. The molecule has 1 aromatic carbocycles. The first kappa shape index (κ1) is 12.5. The molecule has 0 aliphatic carbocycles. The number of anilines is 1. The van der Waals surface area contributed by atoms with Crippen LogP contribution in [0.3, 0.4) is 0 Å². The second-order valence-corrected chi connectivity index (χ2v) is 5.12. The Morgan fingerprint density at radius 3 is 2.68 bits per heavy atom. The molecular formula is C14H10Cl2N2O. The maximum atomic E-state index is 12.6. The molecule has 1 aromatic heterocycles. The predicted molar refractivity (Wildman–Crippen MR) is 76.1 cm³/mol. The summed E-state index contributed by atoms with van der Waals surface area (Å²) in [6.45, 7) is 0.626. The van der Waals surface area contributed by atoms with E-state index in [2.05, 4.69) is 4.98 Å². The Balaban J connectivity index is 2.03. The fourth-order valence-corrected chi connectivity index (χ4v) is 2.84. The van der Waals surface area contributed by atoms with Gasteiger partial charge in [0, 0.05) is 18.9 Å². The highest BCUT2D eigenvalue weighted by Crippen LogP contribution is 2.32. The summed E-state index contributed by atoms with van der Waals surface area (Å²) < 4.78 is 0. The number of hydrogen-bond donors (Lipinski definition) is 0. The van der Waals surface area contributed by atoms with E-state index in [-0.39, 0.29) is 5.91 Å². The van der Waals surface area contributed by atoms with Crippen LogP contribution in [0.25, 0.3) is 0 Å². The van der Waals surface area contributed by atoms with Crippen LogP contribution in [0, 0.1) is 0 Å². The number of benzene rings is 1. The molecule has 5 heteroatoms. The van der Waals surface area contributed by atoms with E-state index in [9.17, 15) is 4.79 Å². The minimum Gasteiger partial charge on any atom is -0.308 e. The monoisotopic (exact) mass is 292 g/mol. The molecule has 0 radical (unpaired) electrons. The van der Waals surface area contributed by atoms with Crippen LogP contribution in [0.15, 0.2) is 36.7 Å². The summed E-state index contributed by atoms with van der Waals surface area (Å²) in [7, 11) is 0. The van der Waals surface area contributed by atoms with Gasteiger partial charge in [0.25, 0.3) is 5.91 Å². The van der Waals surface area contributed by atoms with Crippen molar-refractivity contribution in [3.8, 4) is 0 Å². The second-order valence-electron chi connectivity index (χ2n) is 4.31. The molecule has 0 saturated heterocycles. The third kappa shape index (κ3) is 2.09. The molecule has 0 unspecified atom stereocenters. The van der Waals surface area contributed by atoms with Gasteiger partial charge in [-0.1, -0.05) is 29.3 Å². The summed E-state index contributed by atoms with van der Waals surface area (Å²) in [4.78, 5) is 18.4. The highest BCUT2D eigenvalue weighted by Gasteiger charge is 2.28. The third-order valence-electron chi connectivity index (χ3n) is 3.20. The molecule has 0 fully saturated rings. The van der Waals surface area contributed by atoms with Crippen LogP contribution in [0.2, 0.25) is 10.0 Å². The number of carbonyl (C=O) groups excluding carboxylic acids is 1. The summed E-state index contributed by atoms with van der Waals surface area (Å²) in [5.41, 5.74) is 2.31. The first-order valence-corrected chi connectivity index (χ1v) is 6.63. The van der Waals surface area contributed by atoms with Gasteiger partial charge in [-0.15, -0.1) is 0 Å². The molecule has 0 N–H and O–H groups in total. The van der Waals surface area contributed by atoms with Gasteiger partial charge in [0.15, 0.2) is 0 Å². The molecule has 3 rings (SSSR count). The van der Waals surface area contributed by atoms with Gasteiger partial charge < -0.3 is 4.90 Å². The van der Waals surface area contributed by atoms with Crippen molar-refractivity contribution in [3.05, 3.63) is 57.8 Å². The molecule has 2 heterocycles. The number of fused-ring (bicyclic) bond motifs is 1. The van der Waals surface area contributed by atoms with E-state index in [4.69, 9.17) is 23.2 Å². The number of aromatic nitrogens is 1. The Kier molecular flexibility index (Phi) is 3.17. The Hall–Kier alpha value is -1.58. The highest BCUT2D eigenvalue weighted by molar-refractivity contribution is 6.40. The number of carbonyl (C=O) groups is 1. The first-order valence-electron chi connectivity index (χ1n) is 5.87. The van der Waals surface area contributed by atoms with Gasteiger partial charge in [0.2, 0.25) is 0 Å². The van der Waals surface area contributed by atoms with Gasteiger partial charge >= 0.3 is 0 Å². The Bertz CT molecular complexity index is 637. The van der Waals surface area contributed by atoms with Crippen LogP contribution < -0.4 is 4.90 Å². The van der Waals surface area contributed by atoms with Crippen molar-refractivity contribution in [1.82, 2.24) is 4.98 Å². The van der Waals surface area contributed by atoms with Crippen LogP contribution >= 0.6 is 23.2 Å². The third-order valence-corrected chi connectivity index (χ3v) is 3.83. The van der Waals surface area contributed by atoms with Crippen LogP contribution in [0.1, 0.15) is 15.9 Å². The molecule has 1 aliphatic heterocycles. The molecule has 3 nitrogen and oxygen atoms in total. The predicted octanol–water partition coefficient (Wildman–Crippen LogP) is 3.59. The van der Waals surface area contributed by atoms with Crippen molar-refractivity contribution < 1.29 is 4.79 Å². The van der Waals surface area contributed by atoms with Crippen molar-refractivity contribution in [2.45, 2.75) is 6.42 Å². The van der Waals surface area contributed by atoms with Gasteiger partial charge in [-0.05, 0) is 30.2 Å². The molecule has 2 aromatic rings. The lowest BCUT2D eigenvalue weighted by atomic mass is 10.2. The largest absolute Gasteiger partial charge is 0.308 e. The van der Waals surface area contributed by atoms with Crippen LogP contribution in [-0.4, -0.2) is 17.4 Å². The van der Waals surface area contributed by atoms with Gasteiger partial charge in [-0.3, -0.25) is 9.78 Å². The van der Waals surface area contributed by atoms with E-state index in [1.165, 1.54) is 0 Å². The van der Waals surface area contributed by atoms with Gasteiger partial charge in [-0.25, -0.2) is 0 Å². The van der Waals surface area contributed by atoms with E-state index < -0.39 is 0 Å². The first-order chi connectivity index (χ1) is 9.18. The molecular weight excluding hydrogens is 283 g/mol. The maximum Gasteiger partial charge on any atom is 0.261 e. The standard InChI is InChI=1S/C14H10Cl2N2O/c15-10-2-1-3-11(16)13(10)14(19)18-7-5-9-8-17-6-4-12(9)18/h1-4,6,8H,5,7H2. The zero-order valence-electron chi connectivity index (χ0n) is 9.94.